The van der Waals surface area contributed by atoms with Gasteiger partial charge in [-0.15, -0.1) is 11.8 Å². The zero-order chi connectivity index (χ0) is 15.9. The number of para-hydroxylation sites is 2. The lowest BCUT2D eigenvalue weighted by molar-refractivity contribution is -0.115. The first-order valence-corrected chi connectivity index (χ1v) is 7.55. The van der Waals surface area contributed by atoms with Crippen molar-refractivity contribution in [2.24, 2.45) is 5.73 Å². The van der Waals surface area contributed by atoms with E-state index in [4.69, 9.17) is 10.5 Å². The fourth-order valence-corrected chi connectivity index (χ4v) is 2.61. The SMILES string of the molecule is COc1ccccc1C(=O)Nc1ccccc1SCC(N)=O. The molecule has 0 fully saturated rings. The molecule has 5 nitrogen and oxygen atoms in total. The number of amides is 2. The van der Waals surface area contributed by atoms with Gasteiger partial charge in [-0.25, -0.2) is 0 Å². The van der Waals surface area contributed by atoms with Crippen LogP contribution in [0.4, 0.5) is 5.69 Å². The summed E-state index contributed by atoms with van der Waals surface area (Å²) in [5.41, 5.74) is 6.23. The molecule has 0 radical (unpaired) electrons. The van der Waals surface area contributed by atoms with Crippen molar-refractivity contribution in [1.29, 1.82) is 0 Å². The zero-order valence-electron chi connectivity index (χ0n) is 12.0. The molecule has 0 aromatic heterocycles. The Morgan fingerprint density at radius 3 is 2.55 bits per heavy atom. The highest BCUT2D eigenvalue weighted by molar-refractivity contribution is 8.00. The molecule has 0 aliphatic rings. The molecule has 2 aromatic rings. The van der Waals surface area contributed by atoms with Crippen LogP contribution >= 0.6 is 11.8 Å². The average molecular weight is 316 g/mol. The van der Waals surface area contributed by atoms with Gasteiger partial charge in [0.15, 0.2) is 0 Å². The Hall–Kier alpha value is -2.47. The number of benzene rings is 2. The molecule has 2 aromatic carbocycles. The molecule has 0 atom stereocenters. The van der Waals surface area contributed by atoms with Crippen LogP contribution in [0.15, 0.2) is 53.4 Å². The number of thioether (sulfide) groups is 1. The second-order valence-electron chi connectivity index (χ2n) is 4.41. The van der Waals surface area contributed by atoms with Crippen molar-refractivity contribution >= 4 is 29.3 Å². The molecule has 3 N–H and O–H groups in total. The molecule has 0 spiro atoms. The van der Waals surface area contributed by atoms with Crippen LogP contribution in [-0.2, 0) is 4.79 Å². The summed E-state index contributed by atoms with van der Waals surface area (Å²) in [4.78, 5) is 24.1. The summed E-state index contributed by atoms with van der Waals surface area (Å²) in [6, 6.07) is 14.2. The van der Waals surface area contributed by atoms with Gasteiger partial charge in [0.2, 0.25) is 5.91 Å². The van der Waals surface area contributed by atoms with Gasteiger partial charge in [-0.2, -0.15) is 0 Å². The molecule has 0 saturated carbocycles. The molecule has 0 unspecified atom stereocenters. The number of methoxy groups -OCH3 is 1. The molecule has 0 bridgehead atoms. The lowest BCUT2D eigenvalue weighted by Gasteiger charge is -2.12. The van der Waals surface area contributed by atoms with E-state index in [1.807, 2.05) is 18.2 Å². The van der Waals surface area contributed by atoms with Crippen LogP contribution in [-0.4, -0.2) is 24.7 Å². The molecular formula is C16H16N2O3S. The lowest BCUT2D eigenvalue weighted by Crippen LogP contribution is -2.15. The molecular weight excluding hydrogens is 300 g/mol. The third-order valence-electron chi connectivity index (χ3n) is 2.86. The van der Waals surface area contributed by atoms with Crippen molar-refractivity contribution in [1.82, 2.24) is 0 Å². The van der Waals surface area contributed by atoms with Crippen LogP contribution in [0.25, 0.3) is 0 Å². The summed E-state index contributed by atoms with van der Waals surface area (Å²) in [6.07, 6.45) is 0. The highest BCUT2D eigenvalue weighted by Gasteiger charge is 2.13. The zero-order valence-corrected chi connectivity index (χ0v) is 12.9. The second kappa shape index (κ2) is 7.51. The Balaban J connectivity index is 2.19. The largest absolute Gasteiger partial charge is 0.496 e. The summed E-state index contributed by atoms with van der Waals surface area (Å²) in [7, 11) is 1.52. The van der Waals surface area contributed by atoms with Gasteiger partial charge in [-0.05, 0) is 24.3 Å². The molecule has 0 saturated heterocycles. The number of rotatable bonds is 6. The first kappa shape index (κ1) is 15.9. The minimum Gasteiger partial charge on any atom is -0.496 e. The number of nitrogens with one attached hydrogen (secondary N) is 1. The fourth-order valence-electron chi connectivity index (χ4n) is 1.87. The van der Waals surface area contributed by atoms with Gasteiger partial charge in [-0.3, -0.25) is 9.59 Å². The van der Waals surface area contributed by atoms with Crippen molar-refractivity contribution < 1.29 is 14.3 Å². The quantitative estimate of drug-likeness (QED) is 0.802. The van der Waals surface area contributed by atoms with Crippen molar-refractivity contribution in [3.63, 3.8) is 0 Å². The van der Waals surface area contributed by atoms with Crippen molar-refractivity contribution in [3.05, 3.63) is 54.1 Å². The predicted octanol–water partition coefficient (Wildman–Crippen LogP) is 2.52. The van der Waals surface area contributed by atoms with E-state index >= 15 is 0 Å². The number of nitrogens with two attached hydrogens (primary N) is 1. The number of carbonyl (C=O) groups is 2. The van der Waals surface area contributed by atoms with Crippen LogP contribution in [0, 0.1) is 0 Å². The van der Waals surface area contributed by atoms with Crippen LogP contribution in [0.2, 0.25) is 0 Å². The molecule has 114 valence electrons. The summed E-state index contributed by atoms with van der Waals surface area (Å²) < 4.78 is 5.19. The summed E-state index contributed by atoms with van der Waals surface area (Å²) in [6.45, 7) is 0. The summed E-state index contributed by atoms with van der Waals surface area (Å²) in [5, 5.41) is 2.83. The van der Waals surface area contributed by atoms with E-state index in [2.05, 4.69) is 5.32 Å². The number of carbonyl (C=O) groups excluding carboxylic acids is 2. The standard InChI is InChI=1S/C16H16N2O3S/c1-21-13-8-4-2-6-11(13)16(20)18-12-7-3-5-9-14(12)22-10-15(17)19/h2-9H,10H2,1H3,(H2,17,19)(H,18,20). The maximum absolute atomic E-state index is 12.4. The molecule has 22 heavy (non-hydrogen) atoms. The van der Waals surface area contributed by atoms with Crippen molar-refractivity contribution in [2.75, 3.05) is 18.2 Å². The van der Waals surface area contributed by atoms with Crippen LogP contribution in [0.3, 0.4) is 0 Å². The van der Waals surface area contributed by atoms with Crippen molar-refractivity contribution in [3.8, 4) is 5.75 Å². The molecule has 0 heterocycles. The van der Waals surface area contributed by atoms with Crippen LogP contribution in [0.5, 0.6) is 5.75 Å². The smallest absolute Gasteiger partial charge is 0.259 e. The number of ether oxygens (including phenoxy) is 1. The topological polar surface area (TPSA) is 81.4 Å². The Labute approximate surface area is 132 Å². The molecule has 2 amide bonds. The van der Waals surface area contributed by atoms with Gasteiger partial charge >= 0.3 is 0 Å². The fraction of sp³-hybridized carbons (Fsp3) is 0.125. The molecule has 0 aliphatic heterocycles. The average Bonchev–Trinajstić information content (AvgIpc) is 2.53. The highest BCUT2D eigenvalue weighted by Crippen LogP contribution is 2.28. The van der Waals surface area contributed by atoms with E-state index in [-0.39, 0.29) is 11.7 Å². The number of hydrogen-bond acceptors (Lipinski definition) is 4. The third kappa shape index (κ3) is 4.02. The maximum atomic E-state index is 12.4. The van der Waals surface area contributed by atoms with Crippen LogP contribution < -0.4 is 15.8 Å². The summed E-state index contributed by atoms with van der Waals surface area (Å²) >= 11 is 1.28. The lowest BCUT2D eigenvalue weighted by atomic mass is 10.2. The molecule has 2 rings (SSSR count). The highest BCUT2D eigenvalue weighted by atomic mass is 32.2. The van der Waals surface area contributed by atoms with Gasteiger partial charge in [-0.1, -0.05) is 24.3 Å². The molecule has 0 aliphatic carbocycles. The molecule has 6 heteroatoms. The first-order valence-electron chi connectivity index (χ1n) is 6.56. The number of hydrogen-bond donors (Lipinski definition) is 2. The third-order valence-corrected chi connectivity index (χ3v) is 3.95. The van der Waals surface area contributed by atoms with E-state index in [9.17, 15) is 9.59 Å². The minimum atomic E-state index is -0.407. The van der Waals surface area contributed by atoms with E-state index in [0.717, 1.165) is 4.90 Å². The predicted molar refractivity (Wildman–Crippen MR) is 87.3 cm³/mol. The van der Waals surface area contributed by atoms with Crippen molar-refractivity contribution in [2.45, 2.75) is 4.90 Å². The Morgan fingerprint density at radius 1 is 1.14 bits per heavy atom. The Morgan fingerprint density at radius 2 is 1.82 bits per heavy atom. The Kier molecular flexibility index (Phi) is 5.43. The number of primary amides is 1. The van der Waals surface area contributed by atoms with E-state index < -0.39 is 5.91 Å². The monoisotopic (exact) mass is 316 g/mol. The van der Waals surface area contributed by atoms with Gasteiger partial charge in [0.05, 0.1) is 24.1 Å². The normalized spacial score (nSPS) is 10.0. The van der Waals surface area contributed by atoms with E-state index in [0.29, 0.717) is 17.0 Å². The second-order valence-corrected chi connectivity index (χ2v) is 5.42. The first-order chi connectivity index (χ1) is 10.6. The van der Waals surface area contributed by atoms with Gasteiger partial charge in [0.1, 0.15) is 5.75 Å². The maximum Gasteiger partial charge on any atom is 0.259 e. The summed E-state index contributed by atoms with van der Waals surface area (Å²) in [5.74, 6) is -0.0237. The number of anilines is 1. The van der Waals surface area contributed by atoms with E-state index in [1.165, 1.54) is 18.9 Å². The minimum absolute atomic E-state index is 0.154. The van der Waals surface area contributed by atoms with Gasteiger partial charge in [0, 0.05) is 4.90 Å². The van der Waals surface area contributed by atoms with Gasteiger partial charge in [0.25, 0.3) is 5.91 Å². The van der Waals surface area contributed by atoms with Crippen LogP contribution in [0.1, 0.15) is 10.4 Å². The Bertz CT molecular complexity index is 689. The van der Waals surface area contributed by atoms with E-state index in [1.54, 1.807) is 30.3 Å². The van der Waals surface area contributed by atoms with Gasteiger partial charge < -0.3 is 15.8 Å².